The molecular weight excluding hydrogens is 214 g/mol. The molecule has 3 nitrogen and oxygen atoms in total. The monoisotopic (exact) mass is 229 g/mol. The van der Waals surface area contributed by atoms with Crippen molar-refractivity contribution in [2.45, 2.75) is 12.5 Å². The molecule has 0 saturated carbocycles. The Morgan fingerprint density at radius 2 is 1.93 bits per heavy atom. The van der Waals surface area contributed by atoms with E-state index in [2.05, 4.69) is 5.32 Å². The van der Waals surface area contributed by atoms with Crippen LogP contribution in [-0.2, 0) is 6.42 Å². The number of aliphatic hydroxyl groups excluding tert-OH is 2. The molecule has 3 N–H and O–H groups in total. The maximum atomic E-state index is 9.06. The zero-order valence-electron chi connectivity index (χ0n) is 8.49. The van der Waals surface area contributed by atoms with Crippen molar-refractivity contribution < 1.29 is 10.2 Å². The third-order valence-electron chi connectivity index (χ3n) is 2.09. The van der Waals surface area contributed by atoms with Gasteiger partial charge >= 0.3 is 0 Å². The summed E-state index contributed by atoms with van der Waals surface area (Å²) in [6.07, 6.45) is 0.213. The Balaban J connectivity index is 2.17. The molecule has 1 aromatic rings. The molecule has 0 aromatic heterocycles. The van der Waals surface area contributed by atoms with E-state index in [1.807, 2.05) is 24.3 Å². The minimum Gasteiger partial charge on any atom is -0.394 e. The number of halogens is 1. The summed E-state index contributed by atoms with van der Waals surface area (Å²) in [6.45, 7) is 0.997. The summed E-state index contributed by atoms with van der Waals surface area (Å²) >= 11 is 5.76. The average molecular weight is 230 g/mol. The van der Waals surface area contributed by atoms with Gasteiger partial charge in [-0.25, -0.2) is 0 Å². The Morgan fingerprint density at radius 3 is 2.53 bits per heavy atom. The fourth-order valence-electron chi connectivity index (χ4n) is 1.22. The molecule has 0 aliphatic rings. The molecule has 1 atom stereocenters. The number of hydrogen-bond donors (Lipinski definition) is 3. The summed E-state index contributed by atoms with van der Waals surface area (Å²) in [5, 5.41) is 21.4. The summed E-state index contributed by atoms with van der Waals surface area (Å²) in [5.41, 5.74) is 1.20. The Labute approximate surface area is 94.7 Å². The Hall–Kier alpha value is -0.610. The van der Waals surface area contributed by atoms with Crippen molar-refractivity contribution in [2.75, 3.05) is 19.7 Å². The maximum absolute atomic E-state index is 9.06. The lowest BCUT2D eigenvalue weighted by atomic mass is 10.1. The van der Waals surface area contributed by atoms with Gasteiger partial charge in [0.2, 0.25) is 0 Å². The molecular formula is C11H16ClNO2. The van der Waals surface area contributed by atoms with E-state index in [-0.39, 0.29) is 6.61 Å². The number of aliphatic hydroxyl groups is 2. The summed E-state index contributed by atoms with van der Waals surface area (Å²) < 4.78 is 0. The van der Waals surface area contributed by atoms with Gasteiger partial charge in [0, 0.05) is 11.6 Å². The Morgan fingerprint density at radius 1 is 1.27 bits per heavy atom. The number of nitrogens with one attached hydrogen (secondary N) is 1. The van der Waals surface area contributed by atoms with Crippen LogP contribution in [0.2, 0.25) is 5.02 Å². The largest absolute Gasteiger partial charge is 0.394 e. The van der Waals surface area contributed by atoms with E-state index in [1.54, 1.807) is 0 Å². The minimum atomic E-state index is -0.671. The van der Waals surface area contributed by atoms with Crippen molar-refractivity contribution in [3.63, 3.8) is 0 Å². The van der Waals surface area contributed by atoms with E-state index in [9.17, 15) is 0 Å². The van der Waals surface area contributed by atoms with Gasteiger partial charge in [0.25, 0.3) is 0 Å². The molecule has 0 unspecified atom stereocenters. The number of hydrogen-bond acceptors (Lipinski definition) is 3. The normalized spacial score (nSPS) is 12.7. The molecule has 0 aliphatic carbocycles. The summed E-state index contributed by atoms with van der Waals surface area (Å²) in [7, 11) is 0. The third kappa shape index (κ3) is 5.14. The summed E-state index contributed by atoms with van der Waals surface area (Å²) in [5.74, 6) is 0. The lowest BCUT2D eigenvalue weighted by Crippen LogP contribution is -2.30. The van der Waals surface area contributed by atoms with Gasteiger partial charge in [-0.15, -0.1) is 0 Å². The van der Waals surface area contributed by atoms with Crippen LogP contribution >= 0.6 is 11.6 Å². The predicted molar refractivity (Wildman–Crippen MR) is 61.1 cm³/mol. The molecule has 15 heavy (non-hydrogen) atoms. The highest BCUT2D eigenvalue weighted by molar-refractivity contribution is 6.30. The fraction of sp³-hybridized carbons (Fsp3) is 0.455. The number of rotatable bonds is 6. The topological polar surface area (TPSA) is 52.5 Å². The van der Waals surface area contributed by atoms with Crippen molar-refractivity contribution in [3.05, 3.63) is 34.9 Å². The first-order chi connectivity index (χ1) is 7.22. The van der Waals surface area contributed by atoms with Crippen molar-refractivity contribution in [3.8, 4) is 0 Å². The molecule has 4 heteroatoms. The van der Waals surface area contributed by atoms with Gasteiger partial charge in [0.05, 0.1) is 12.7 Å². The van der Waals surface area contributed by atoms with Gasteiger partial charge in [-0.1, -0.05) is 23.7 Å². The first-order valence-corrected chi connectivity index (χ1v) is 5.34. The van der Waals surface area contributed by atoms with E-state index in [1.165, 1.54) is 5.56 Å². The van der Waals surface area contributed by atoms with E-state index in [4.69, 9.17) is 21.8 Å². The molecule has 1 rings (SSSR count). The van der Waals surface area contributed by atoms with Gasteiger partial charge in [0.15, 0.2) is 0 Å². The van der Waals surface area contributed by atoms with Gasteiger partial charge < -0.3 is 15.5 Å². The van der Waals surface area contributed by atoms with Crippen LogP contribution in [0.3, 0.4) is 0 Å². The second-order valence-electron chi connectivity index (χ2n) is 3.42. The highest BCUT2D eigenvalue weighted by atomic mass is 35.5. The van der Waals surface area contributed by atoms with E-state index in [0.717, 1.165) is 18.0 Å². The summed E-state index contributed by atoms with van der Waals surface area (Å²) in [4.78, 5) is 0. The highest BCUT2D eigenvalue weighted by Gasteiger charge is 2.00. The van der Waals surface area contributed by atoms with Gasteiger partial charge in [-0.3, -0.25) is 0 Å². The molecule has 0 radical (unpaired) electrons. The fourth-order valence-corrected chi connectivity index (χ4v) is 1.34. The summed E-state index contributed by atoms with van der Waals surface area (Å²) in [6, 6.07) is 7.68. The van der Waals surface area contributed by atoms with E-state index < -0.39 is 6.10 Å². The first-order valence-electron chi connectivity index (χ1n) is 4.96. The Bertz CT molecular complexity index is 276. The zero-order chi connectivity index (χ0) is 11.1. The van der Waals surface area contributed by atoms with Gasteiger partial charge in [-0.2, -0.15) is 0 Å². The maximum Gasteiger partial charge on any atom is 0.0894 e. The molecule has 0 heterocycles. The van der Waals surface area contributed by atoms with Crippen LogP contribution in [-0.4, -0.2) is 36.0 Å². The van der Waals surface area contributed by atoms with Crippen LogP contribution in [0.5, 0.6) is 0 Å². The lowest BCUT2D eigenvalue weighted by Gasteiger charge is -2.08. The quantitative estimate of drug-likeness (QED) is 0.634. The van der Waals surface area contributed by atoms with Crippen LogP contribution in [0.1, 0.15) is 5.56 Å². The smallest absolute Gasteiger partial charge is 0.0894 e. The first kappa shape index (κ1) is 12.5. The molecule has 0 bridgehead atoms. The molecule has 1 aromatic carbocycles. The molecule has 84 valence electrons. The molecule has 0 saturated heterocycles. The molecule has 0 spiro atoms. The highest BCUT2D eigenvalue weighted by Crippen LogP contribution is 2.09. The van der Waals surface area contributed by atoms with Crippen molar-refractivity contribution in [2.24, 2.45) is 0 Å². The van der Waals surface area contributed by atoms with Crippen LogP contribution < -0.4 is 5.32 Å². The van der Waals surface area contributed by atoms with Crippen LogP contribution in [0.4, 0.5) is 0 Å². The van der Waals surface area contributed by atoms with E-state index >= 15 is 0 Å². The minimum absolute atomic E-state index is 0.200. The van der Waals surface area contributed by atoms with Gasteiger partial charge in [0.1, 0.15) is 0 Å². The molecule has 0 fully saturated rings. The predicted octanol–water partition coefficient (Wildman–Crippen LogP) is 0.825. The second-order valence-corrected chi connectivity index (χ2v) is 3.85. The zero-order valence-corrected chi connectivity index (χ0v) is 9.24. The van der Waals surface area contributed by atoms with Crippen LogP contribution in [0, 0.1) is 0 Å². The third-order valence-corrected chi connectivity index (χ3v) is 2.35. The SMILES string of the molecule is OC[C@@H](O)CNCCc1ccc(Cl)cc1. The standard InChI is InChI=1S/C11H16ClNO2/c12-10-3-1-9(2-4-10)5-6-13-7-11(15)8-14/h1-4,11,13-15H,5-8H2/t11-/m0/s1. The van der Waals surface area contributed by atoms with Crippen molar-refractivity contribution in [1.82, 2.24) is 5.32 Å². The second kappa shape index (κ2) is 6.80. The number of benzene rings is 1. The van der Waals surface area contributed by atoms with Crippen molar-refractivity contribution in [1.29, 1.82) is 0 Å². The molecule has 0 amide bonds. The lowest BCUT2D eigenvalue weighted by molar-refractivity contribution is 0.0947. The Kier molecular flexibility index (Phi) is 5.65. The van der Waals surface area contributed by atoms with Gasteiger partial charge in [-0.05, 0) is 30.7 Å². The molecule has 0 aliphatic heterocycles. The van der Waals surface area contributed by atoms with Crippen LogP contribution in [0.15, 0.2) is 24.3 Å². The van der Waals surface area contributed by atoms with Crippen molar-refractivity contribution >= 4 is 11.6 Å². The van der Waals surface area contributed by atoms with E-state index in [0.29, 0.717) is 6.54 Å². The average Bonchev–Trinajstić information content (AvgIpc) is 2.26. The van der Waals surface area contributed by atoms with Crippen LogP contribution in [0.25, 0.3) is 0 Å².